The van der Waals surface area contributed by atoms with E-state index in [0.29, 0.717) is 12.3 Å². The molecule has 0 aliphatic heterocycles. The summed E-state index contributed by atoms with van der Waals surface area (Å²) in [6.45, 7) is 4.46. The lowest BCUT2D eigenvalue weighted by Gasteiger charge is -2.10. The summed E-state index contributed by atoms with van der Waals surface area (Å²) in [7, 11) is 1.66. The smallest absolute Gasteiger partial charge is 0.292 e. The molecule has 1 N–H and O–H groups in total. The topological polar surface area (TPSA) is 64.4 Å². The number of nitro groups is 1. The number of aryl methyl sites for hydroxylation is 2. The lowest BCUT2D eigenvalue weighted by atomic mass is 10.1. The van der Waals surface area contributed by atoms with Crippen LogP contribution in [-0.2, 0) is 6.61 Å². The standard InChI is InChI=1S/C16H18N2O3/c1-11-4-6-14(8-12(11)2)21-10-13-5-7-16(18(19)20)15(9-13)17-3/h4-9,17H,10H2,1-3H3. The van der Waals surface area contributed by atoms with E-state index in [9.17, 15) is 10.1 Å². The van der Waals surface area contributed by atoms with Crippen molar-refractivity contribution in [2.24, 2.45) is 0 Å². The number of rotatable bonds is 5. The van der Waals surface area contributed by atoms with Crippen molar-refractivity contribution in [1.29, 1.82) is 0 Å². The van der Waals surface area contributed by atoms with E-state index in [0.717, 1.165) is 11.3 Å². The van der Waals surface area contributed by atoms with Gasteiger partial charge in [-0.15, -0.1) is 0 Å². The third-order valence-electron chi connectivity index (χ3n) is 3.41. The Balaban J connectivity index is 2.13. The van der Waals surface area contributed by atoms with Crippen molar-refractivity contribution in [3.63, 3.8) is 0 Å². The summed E-state index contributed by atoms with van der Waals surface area (Å²) >= 11 is 0. The average molecular weight is 286 g/mol. The fourth-order valence-electron chi connectivity index (χ4n) is 2.00. The van der Waals surface area contributed by atoms with E-state index in [4.69, 9.17) is 4.74 Å². The molecule has 2 rings (SSSR count). The lowest BCUT2D eigenvalue weighted by molar-refractivity contribution is -0.384. The highest BCUT2D eigenvalue weighted by atomic mass is 16.6. The molecule has 0 aromatic heterocycles. The molecule has 0 spiro atoms. The van der Waals surface area contributed by atoms with Crippen LogP contribution in [0.3, 0.4) is 0 Å². The molecular weight excluding hydrogens is 268 g/mol. The summed E-state index contributed by atoms with van der Waals surface area (Å²) < 4.78 is 5.73. The number of nitrogens with zero attached hydrogens (tertiary/aromatic N) is 1. The largest absolute Gasteiger partial charge is 0.489 e. The lowest BCUT2D eigenvalue weighted by Crippen LogP contribution is -2.00. The maximum absolute atomic E-state index is 10.9. The van der Waals surface area contributed by atoms with Crippen molar-refractivity contribution >= 4 is 11.4 Å². The molecule has 0 radical (unpaired) electrons. The zero-order valence-electron chi connectivity index (χ0n) is 12.3. The fourth-order valence-corrected chi connectivity index (χ4v) is 2.00. The van der Waals surface area contributed by atoms with Gasteiger partial charge < -0.3 is 10.1 Å². The Hall–Kier alpha value is -2.56. The molecule has 2 aromatic carbocycles. The van der Waals surface area contributed by atoms with Gasteiger partial charge in [0.1, 0.15) is 18.0 Å². The van der Waals surface area contributed by atoms with Crippen molar-refractivity contribution < 1.29 is 9.66 Å². The van der Waals surface area contributed by atoms with Crippen LogP contribution >= 0.6 is 0 Å². The van der Waals surface area contributed by atoms with Crippen molar-refractivity contribution in [3.05, 3.63) is 63.2 Å². The normalized spacial score (nSPS) is 10.2. The Morgan fingerprint density at radius 3 is 2.52 bits per heavy atom. The molecule has 0 aliphatic rings. The molecule has 110 valence electrons. The summed E-state index contributed by atoms with van der Waals surface area (Å²) in [5, 5.41) is 13.7. The summed E-state index contributed by atoms with van der Waals surface area (Å²) in [4.78, 5) is 10.5. The Labute approximate surface area is 123 Å². The molecule has 2 aromatic rings. The number of hydrogen-bond acceptors (Lipinski definition) is 4. The second-order valence-electron chi connectivity index (χ2n) is 4.89. The first-order chi connectivity index (χ1) is 10.0. The SMILES string of the molecule is CNc1cc(COc2ccc(C)c(C)c2)ccc1[N+](=O)[O-]. The monoisotopic (exact) mass is 286 g/mol. The van der Waals surface area contributed by atoms with Gasteiger partial charge in [0, 0.05) is 13.1 Å². The molecule has 0 atom stereocenters. The van der Waals surface area contributed by atoms with Gasteiger partial charge in [0.05, 0.1) is 4.92 Å². The van der Waals surface area contributed by atoms with Gasteiger partial charge in [0.2, 0.25) is 0 Å². The van der Waals surface area contributed by atoms with E-state index in [-0.39, 0.29) is 5.69 Å². The number of hydrogen-bond donors (Lipinski definition) is 1. The highest BCUT2D eigenvalue weighted by molar-refractivity contribution is 5.62. The third-order valence-corrected chi connectivity index (χ3v) is 3.41. The van der Waals surface area contributed by atoms with Crippen LogP contribution in [0.2, 0.25) is 0 Å². The summed E-state index contributed by atoms with van der Waals surface area (Å²) in [6.07, 6.45) is 0. The predicted molar refractivity (Wildman–Crippen MR) is 82.9 cm³/mol. The number of nitrogens with one attached hydrogen (secondary N) is 1. The van der Waals surface area contributed by atoms with E-state index < -0.39 is 4.92 Å². The van der Waals surface area contributed by atoms with E-state index in [1.807, 2.05) is 25.1 Å². The minimum absolute atomic E-state index is 0.0624. The van der Waals surface area contributed by atoms with Crippen LogP contribution in [0.1, 0.15) is 16.7 Å². The van der Waals surface area contributed by atoms with E-state index in [2.05, 4.69) is 12.2 Å². The molecule has 0 saturated heterocycles. The van der Waals surface area contributed by atoms with E-state index >= 15 is 0 Å². The van der Waals surface area contributed by atoms with Crippen molar-refractivity contribution in [3.8, 4) is 5.75 Å². The molecule has 0 aliphatic carbocycles. The van der Waals surface area contributed by atoms with Crippen LogP contribution in [0.25, 0.3) is 0 Å². The van der Waals surface area contributed by atoms with Gasteiger partial charge in [-0.25, -0.2) is 0 Å². The Morgan fingerprint density at radius 1 is 1.14 bits per heavy atom. The number of anilines is 1. The highest BCUT2D eigenvalue weighted by Crippen LogP contribution is 2.26. The van der Waals surface area contributed by atoms with Gasteiger partial charge >= 0.3 is 0 Å². The molecule has 0 heterocycles. The van der Waals surface area contributed by atoms with Gasteiger partial charge in [-0.2, -0.15) is 0 Å². The molecule has 0 amide bonds. The summed E-state index contributed by atoms with van der Waals surface area (Å²) in [6, 6.07) is 10.9. The second-order valence-corrected chi connectivity index (χ2v) is 4.89. The average Bonchev–Trinajstić information content (AvgIpc) is 2.48. The van der Waals surface area contributed by atoms with E-state index in [1.165, 1.54) is 17.2 Å². The van der Waals surface area contributed by atoms with Crippen molar-refractivity contribution in [2.45, 2.75) is 20.5 Å². The Morgan fingerprint density at radius 2 is 1.90 bits per heavy atom. The predicted octanol–water partition coefficient (Wildman–Crippen LogP) is 3.83. The molecule has 0 saturated carbocycles. The first-order valence-electron chi connectivity index (χ1n) is 6.66. The second kappa shape index (κ2) is 6.26. The number of nitro benzene ring substituents is 1. The number of ether oxygens (including phenoxy) is 1. The quantitative estimate of drug-likeness (QED) is 0.670. The highest BCUT2D eigenvalue weighted by Gasteiger charge is 2.12. The Bertz CT molecular complexity index is 669. The van der Waals surface area contributed by atoms with Crippen LogP contribution < -0.4 is 10.1 Å². The van der Waals surface area contributed by atoms with Crippen molar-refractivity contribution in [2.75, 3.05) is 12.4 Å². The molecule has 0 unspecified atom stereocenters. The van der Waals surface area contributed by atoms with Gasteiger partial charge in [0.15, 0.2) is 0 Å². The van der Waals surface area contributed by atoms with Crippen LogP contribution in [0, 0.1) is 24.0 Å². The zero-order chi connectivity index (χ0) is 15.4. The van der Waals surface area contributed by atoms with Crippen LogP contribution in [0.15, 0.2) is 36.4 Å². The Kier molecular flexibility index (Phi) is 4.42. The van der Waals surface area contributed by atoms with Gasteiger partial charge in [-0.3, -0.25) is 10.1 Å². The number of benzene rings is 2. The maximum Gasteiger partial charge on any atom is 0.292 e. The summed E-state index contributed by atoms with van der Waals surface area (Å²) in [5.74, 6) is 0.794. The minimum Gasteiger partial charge on any atom is -0.489 e. The van der Waals surface area contributed by atoms with Gasteiger partial charge in [-0.1, -0.05) is 6.07 Å². The zero-order valence-corrected chi connectivity index (χ0v) is 12.3. The van der Waals surface area contributed by atoms with E-state index in [1.54, 1.807) is 19.2 Å². The molecule has 5 heteroatoms. The first-order valence-corrected chi connectivity index (χ1v) is 6.66. The molecular formula is C16H18N2O3. The fraction of sp³-hybridized carbons (Fsp3) is 0.250. The third kappa shape index (κ3) is 3.51. The molecule has 5 nitrogen and oxygen atoms in total. The van der Waals surface area contributed by atoms with Crippen LogP contribution in [0.5, 0.6) is 5.75 Å². The minimum atomic E-state index is -0.403. The first kappa shape index (κ1) is 14.8. The molecule has 0 fully saturated rings. The van der Waals surface area contributed by atoms with Crippen molar-refractivity contribution in [1.82, 2.24) is 0 Å². The van der Waals surface area contributed by atoms with Crippen LogP contribution in [0.4, 0.5) is 11.4 Å². The molecule has 0 bridgehead atoms. The maximum atomic E-state index is 10.9. The summed E-state index contributed by atoms with van der Waals surface area (Å²) in [5.41, 5.74) is 3.82. The van der Waals surface area contributed by atoms with Gasteiger partial charge in [-0.05, 0) is 54.8 Å². The van der Waals surface area contributed by atoms with Crippen LogP contribution in [-0.4, -0.2) is 12.0 Å². The van der Waals surface area contributed by atoms with Gasteiger partial charge in [0.25, 0.3) is 5.69 Å². The molecule has 21 heavy (non-hydrogen) atoms.